The van der Waals surface area contributed by atoms with Crippen molar-refractivity contribution >= 4 is 17.7 Å². The monoisotopic (exact) mass is 397 g/mol. The van der Waals surface area contributed by atoms with Crippen molar-refractivity contribution in [2.24, 2.45) is 0 Å². The molecule has 0 aromatic rings. The molecule has 0 heterocycles. The highest BCUT2D eigenvalue weighted by molar-refractivity contribution is 6.36. The zero-order chi connectivity index (χ0) is 20.9. The molecule has 0 aliphatic carbocycles. The second-order valence-corrected chi connectivity index (χ2v) is 7.00. The summed E-state index contributed by atoms with van der Waals surface area (Å²) in [6, 6.07) is 0. The zero-order valence-electron chi connectivity index (χ0n) is 17.5. The first kappa shape index (κ1) is 26.3. The summed E-state index contributed by atoms with van der Waals surface area (Å²) in [5.74, 6) is -0.963. The van der Waals surface area contributed by atoms with Gasteiger partial charge in [-0.15, -0.1) is 0 Å². The van der Waals surface area contributed by atoms with Crippen LogP contribution >= 0.6 is 0 Å². The molecule has 0 rings (SSSR count). The predicted molar refractivity (Wildman–Crippen MR) is 111 cm³/mol. The third-order valence-corrected chi connectivity index (χ3v) is 4.37. The Kier molecular flexibility index (Phi) is 18.8. The number of aliphatic hydroxyl groups is 1. The quantitative estimate of drug-likeness (QED) is 0.149. The smallest absolute Gasteiger partial charge is 0.305 e. The van der Waals surface area contributed by atoms with E-state index >= 15 is 0 Å². The molecule has 0 fully saturated rings. The van der Waals surface area contributed by atoms with E-state index in [1.807, 2.05) is 0 Å². The van der Waals surface area contributed by atoms with Crippen LogP contribution in [0, 0.1) is 0 Å². The molecule has 0 saturated carbocycles. The summed E-state index contributed by atoms with van der Waals surface area (Å²) in [5, 5.41) is 11.3. The number of carbonyl (C=O) groups is 3. The van der Waals surface area contributed by atoms with Gasteiger partial charge < -0.3 is 15.2 Å². The number of Topliss-reactive ketones (excluding diaryl/α,β-unsaturated/α-hetero) is 1. The van der Waals surface area contributed by atoms with Gasteiger partial charge in [0.05, 0.1) is 6.61 Å². The normalized spacial score (nSPS) is 10.9. The number of carbonyl (C=O) groups excluding carboxylic acids is 3. The Bertz CT molecular complexity index is 448. The van der Waals surface area contributed by atoms with Gasteiger partial charge in [0.25, 0.3) is 5.91 Å². The zero-order valence-corrected chi connectivity index (χ0v) is 17.5. The van der Waals surface area contributed by atoms with E-state index < -0.39 is 5.91 Å². The minimum atomic E-state index is -0.437. The standard InChI is InChI=1S/C22H39NO5/c1-2-3-12-15-20(25)22(27)23-17-14-11-9-7-5-4-6-8-10-13-16-21(26)28-19-18-24/h5,7,24H,2-4,6,8-19H2,1H3,(H,23,27)/b7-5-. The molecule has 0 spiro atoms. The van der Waals surface area contributed by atoms with Crippen LogP contribution in [0.5, 0.6) is 0 Å². The van der Waals surface area contributed by atoms with Gasteiger partial charge in [-0.25, -0.2) is 0 Å². The summed E-state index contributed by atoms with van der Waals surface area (Å²) in [4.78, 5) is 34.4. The Morgan fingerprint density at radius 1 is 0.857 bits per heavy atom. The number of ketones is 1. The first-order valence-corrected chi connectivity index (χ1v) is 10.8. The lowest BCUT2D eigenvalue weighted by Gasteiger charge is -2.03. The maximum atomic E-state index is 11.6. The summed E-state index contributed by atoms with van der Waals surface area (Å²) in [5.41, 5.74) is 0. The van der Waals surface area contributed by atoms with E-state index in [1.54, 1.807) is 0 Å². The van der Waals surface area contributed by atoms with Crippen LogP contribution in [0.2, 0.25) is 0 Å². The Balaban J connectivity index is 3.39. The molecule has 0 aliphatic rings. The predicted octanol–water partition coefficient (Wildman–Crippen LogP) is 3.85. The highest BCUT2D eigenvalue weighted by Gasteiger charge is 2.11. The number of esters is 1. The molecule has 0 radical (unpaired) electrons. The van der Waals surface area contributed by atoms with Gasteiger partial charge in [0, 0.05) is 19.4 Å². The lowest BCUT2D eigenvalue weighted by atomic mass is 10.1. The van der Waals surface area contributed by atoms with Gasteiger partial charge in [0.1, 0.15) is 6.61 Å². The maximum absolute atomic E-state index is 11.6. The highest BCUT2D eigenvalue weighted by atomic mass is 16.5. The number of ether oxygens (including phenoxy) is 1. The number of aliphatic hydroxyl groups excluding tert-OH is 1. The third kappa shape index (κ3) is 17.7. The van der Waals surface area contributed by atoms with Crippen LogP contribution in [0.3, 0.4) is 0 Å². The molecule has 1 amide bonds. The van der Waals surface area contributed by atoms with Crippen molar-refractivity contribution in [1.82, 2.24) is 5.32 Å². The van der Waals surface area contributed by atoms with Crippen LogP contribution in [0.15, 0.2) is 12.2 Å². The molecule has 6 heteroatoms. The van der Waals surface area contributed by atoms with Crippen molar-refractivity contribution in [2.75, 3.05) is 19.8 Å². The number of amides is 1. The van der Waals surface area contributed by atoms with Crippen LogP contribution in [-0.2, 0) is 19.1 Å². The Labute approximate surface area is 170 Å². The summed E-state index contributed by atoms with van der Waals surface area (Å²) < 4.78 is 4.80. The van der Waals surface area contributed by atoms with Gasteiger partial charge in [-0.2, -0.15) is 0 Å². The van der Waals surface area contributed by atoms with E-state index in [0.717, 1.165) is 70.6 Å². The molecular formula is C22H39NO5. The Hall–Kier alpha value is -1.69. The SMILES string of the molecule is CCCCCC(=O)C(=O)NCCCC/C=C\CCCCCCC(=O)OCCO. The van der Waals surface area contributed by atoms with Crippen molar-refractivity contribution < 1.29 is 24.2 Å². The van der Waals surface area contributed by atoms with Crippen molar-refractivity contribution in [2.45, 2.75) is 90.4 Å². The first-order chi connectivity index (χ1) is 13.6. The van der Waals surface area contributed by atoms with E-state index in [4.69, 9.17) is 9.84 Å². The molecule has 0 atom stereocenters. The molecule has 0 unspecified atom stereocenters. The molecule has 0 bridgehead atoms. The van der Waals surface area contributed by atoms with Crippen molar-refractivity contribution in [3.8, 4) is 0 Å². The highest BCUT2D eigenvalue weighted by Crippen LogP contribution is 2.07. The topological polar surface area (TPSA) is 92.7 Å². The van der Waals surface area contributed by atoms with Crippen LogP contribution in [0.25, 0.3) is 0 Å². The molecule has 0 aromatic heterocycles. The minimum Gasteiger partial charge on any atom is -0.463 e. The molecule has 0 aliphatic heterocycles. The number of allylic oxidation sites excluding steroid dienone is 2. The largest absolute Gasteiger partial charge is 0.463 e. The average Bonchev–Trinajstić information content (AvgIpc) is 2.69. The van der Waals surface area contributed by atoms with Gasteiger partial charge in [0.2, 0.25) is 5.78 Å². The fourth-order valence-electron chi connectivity index (χ4n) is 2.69. The fourth-order valence-corrected chi connectivity index (χ4v) is 2.69. The summed E-state index contributed by atoms with van der Waals surface area (Å²) in [6.07, 6.45) is 15.9. The third-order valence-electron chi connectivity index (χ3n) is 4.37. The van der Waals surface area contributed by atoms with E-state index in [0.29, 0.717) is 19.4 Å². The fraction of sp³-hybridized carbons (Fsp3) is 0.773. The van der Waals surface area contributed by atoms with Gasteiger partial charge >= 0.3 is 5.97 Å². The maximum Gasteiger partial charge on any atom is 0.305 e. The molecule has 0 aromatic carbocycles. The molecule has 2 N–H and O–H groups in total. The molecule has 0 saturated heterocycles. The molecule has 6 nitrogen and oxygen atoms in total. The van der Waals surface area contributed by atoms with Gasteiger partial charge in [-0.3, -0.25) is 14.4 Å². The first-order valence-electron chi connectivity index (χ1n) is 10.8. The summed E-state index contributed by atoms with van der Waals surface area (Å²) in [6.45, 7) is 2.60. The molecule has 28 heavy (non-hydrogen) atoms. The number of nitrogens with one attached hydrogen (secondary N) is 1. The average molecular weight is 398 g/mol. The van der Waals surface area contributed by atoms with Crippen molar-refractivity contribution in [3.63, 3.8) is 0 Å². The van der Waals surface area contributed by atoms with Crippen LogP contribution < -0.4 is 5.32 Å². The lowest BCUT2D eigenvalue weighted by Crippen LogP contribution is -2.31. The van der Waals surface area contributed by atoms with Gasteiger partial charge in [-0.05, 0) is 44.9 Å². The summed E-state index contributed by atoms with van der Waals surface area (Å²) >= 11 is 0. The van der Waals surface area contributed by atoms with E-state index in [1.165, 1.54) is 0 Å². The Morgan fingerprint density at radius 3 is 2.18 bits per heavy atom. The minimum absolute atomic E-state index is 0.0904. The number of hydrogen-bond acceptors (Lipinski definition) is 5. The molecular weight excluding hydrogens is 358 g/mol. The Morgan fingerprint density at radius 2 is 1.50 bits per heavy atom. The second kappa shape index (κ2) is 20.1. The summed E-state index contributed by atoms with van der Waals surface area (Å²) in [7, 11) is 0. The number of hydrogen-bond donors (Lipinski definition) is 2. The number of rotatable bonds is 19. The van der Waals surface area contributed by atoms with Crippen LogP contribution in [-0.4, -0.2) is 42.5 Å². The van der Waals surface area contributed by atoms with E-state index in [9.17, 15) is 14.4 Å². The lowest BCUT2D eigenvalue weighted by molar-refractivity contribution is -0.144. The van der Waals surface area contributed by atoms with E-state index in [-0.39, 0.29) is 25.0 Å². The van der Waals surface area contributed by atoms with Crippen LogP contribution in [0.1, 0.15) is 90.4 Å². The second-order valence-electron chi connectivity index (χ2n) is 7.00. The van der Waals surface area contributed by atoms with Crippen molar-refractivity contribution in [1.29, 1.82) is 0 Å². The molecule has 162 valence electrons. The van der Waals surface area contributed by atoms with E-state index in [2.05, 4.69) is 24.4 Å². The van der Waals surface area contributed by atoms with Crippen LogP contribution in [0.4, 0.5) is 0 Å². The van der Waals surface area contributed by atoms with Gasteiger partial charge in [0.15, 0.2) is 0 Å². The van der Waals surface area contributed by atoms with Crippen molar-refractivity contribution in [3.05, 3.63) is 12.2 Å². The van der Waals surface area contributed by atoms with Gasteiger partial charge in [-0.1, -0.05) is 44.8 Å². The number of unbranched alkanes of at least 4 members (excludes halogenated alkanes) is 8.